The first-order valence-electron chi connectivity index (χ1n) is 14.7. The standard InChI is InChI=1S/C40H28O2P2/c41-43(31-16-5-1-6-17-31,32-18-7-2-8-19-32)37-28-38(44(42,33-20-9-3-10-21-33)34-22-11-4-12-23-34)36-27-25-30-15-13-14-29-24-26-35(37)40(36)39(29)30/h1-28H. The first-order chi connectivity index (χ1) is 21.6. The molecule has 0 radical (unpaired) electrons. The van der Waals surface area contributed by atoms with Crippen molar-refractivity contribution in [3.05, 3.63) is 170 Å². The van der Waals surface area contributed by atoms with Gasteiger partial charge in [0.2, 0.25) is 0 Å². The van der Waals surface area contributed by atoms with Crippen LogP contribution in [0.3, 0.4) is 0 Å². The highest BCUT2D eigenvalue weighted by atomic mass is 31.2. The van der Waals surface area contributed by atoms with Crippen molar-refractivity contribution in [1.29, 1.82) is 0 Å². The zero-order valence-corrected chi connectivity index (χ0v) is 25.7. The molecule has 0 spiro atoms. The van der Waals surface area contributed by atoms with Crippen molar-refractivity contribution in [3.63, 3.8) is 0 Å². The van der Waals surface area contributed by atoms with Crippen molar-refractivity contribution in [3.8, 4) is 0 Å². The lowest BCUT2D eigenvalue weighted by molar-refractivity contribution is 0.592. The Kier molecular flexibility index (Phi) is 6.38. The number of benzene rings is 8. The van der Waals surface area contributed by atoms with E-state index in [0.717, 1.165) is 53.5 Å². The lowest BCUT2D eigenvalue weighted by Crippen LogP contribution is -2.31. The van der Waals surface area contributed by atoms with Gasteiger partial charge in [0.05, 0.1) is 0 Å². The third-order valence-electron chi connectivity index (χ3n) is 8.76. The summed E-state index contributed by atoms with van der Waals surface area (Å²) in [6.07, 6.45) is 0. The Morgan fingerprint density at radius 3 is 1.00 bits per heavy atom. The number of hydrogen-bond acceptors (Lipinski definition) is 2. The number of rotatable bonds is 6. The maximum absolute atomic E-state index is 16.0. The molecule has 8 aromatic carbocycles. The fourth-order valence-corrected chi connectivity index (χ4v) is 12.6. The summed E-state index contributed by atoms with van der Waals surface area (Å²) in [7, 11) is -6.87. The second-order valence-corrected chi connectivity index (χ2v) is 16.6. The van der Waals surface area contributed by atoms with Gasteiger partial charge in [0.15, 0.2) is 14.3 Å². The van der Waals surface area contributed by atoms with E-state index in [1.807, 2.05) is 127 Å². The quantitative estimate of drug-likeness (QED) is 0.143. The molecule has 8 rings (SSSR count). The van der Waals surface area contributed by atoms with Gasteiger partial charge in [-0.05, 0) is 38.4 Å². The fourth-order valence-electron chi connectivity index (χ4n) is 6.72. The van der Waals surface area contributed by atoms with Crippen LogP contribution in [-0.2, 0) is 9.13 Å². The van der Waals surface area contributed by atoms with Gasteiger partial charge in [-0.2, -0.15) is 0 Å². The molecule has 0 fully saturated rings. The van der Waals surface area contributed by atoms with Gasteiger partial charge in [-0.1, -0.05) is 164 Å². The van der Waals surface area contributed by atoms with E-state index in [4.69, 9.17) is 0 Å². The van der Waals surface area contributed by atoms with Crippen molar-refractivity contribution in [1.82, 2.24) is 0 Å². The molecule has 0 aliphatic carbocycles. The molecular formula is C40H28O2P2. The smallest absolute Gasteiger partial charge is 0.171 e. The van der Waals surface area contributed by atoms with Crippen LogP contribution in [0.25, 0.3) is 32.3 Å². The molecule has 0 aromatic heterocycles. The molecule has 4 heteroatoms. The van der Waals surface area contributed by atoms with Gasteiger partial charge in [0, 0.05) is 31.8 Å². The summed E-state index contributed by atoms with van der Waals surface area (Å²) in [6, 6.07) is 55.8. The Morgan fingerprint density at radius 1 is 0.318 bits per heavy atom. The molecule has 0 saturated carbocycles. The fraction of sp³-hybridized carbons (Fsp3) is 0. The van der Waals surface area contributed by atoms with Crippen LogP contribution >= 0.6 is 14.3 Å². The van der Waals surface area contributed by atoms with Crippen LogP contribution in [0.15, 0.2) is 170 Å². The Bertz CT molecular complexity index is 2120. The average Bonchev–Trinajstić information content (AvgIpc) is 3.11. The highest BCUT2D eigenvalue weighted by molar-refractivity contribution is 7.87. The van der Waals surface area contributed by atoms with E-state index >= 15 is 9.13 Å². The van der Waals surface area contributed by atoms with Crippen LogP contribution in [0.2, 0.25) is 0 Å². The third-order valence-corrected chi connectivity index (χ3v) is 15.0. The summed E-state index contributed by atoms with van der Waals surface area (Å²) < 4.78 is 32.1. The summed E-state index contributed by atoms with van der Waals surface area (Å²) in [5.41, 5.74) is 0. The SMILES string of the molecule is O=P(c1ccccc1)(c1ccccc1)c1cc(P(=O)(c2ccccc2)c2ccccc2)c2ccc3cccc4ccc1c2c43. The predicted octanol–water partition coefficient (Wildman–Crippen LogP) is 7.86. The van der Waals surface area contributed by atoms with Gasteiger partial charge < -0.3 is 9.13 Å². The molecule has 210 valence electrons. The molecule has 0 atom stereocenters. The number of hydrogen-bond donors (Lipinski definition) is 0. The van der Waals surface area contributed by atoms with Crippen LogP contribution in [0.5, 0.6) is 0 Å². The van der Waals surface area contributed by atoms with Crippen LogP contribution in [0.1, 0.15) is 0 Å². The zero-order valence-electron chi connectivity index (χ0n) is 23.9. The normalized spacial score (nSPS) is 12.3. The van der Waals surface area contributed by atoms with E-state index < -0.39 is 14.3 Å². The van der Waals surface area contributed by atoms with Crippen molar-refractivity contribution in [2.45, 2.75) is 0 Å². The Balaban J connectivity index is 1.61. The van der Waals surface area contributed by atoms with Gasteiger partial charge >= 0.3 is 0 Å². The van der Waals surface area contributed by atoms with Crippen molar-refractivity contribution < 1.29 is 9.13 Å². The van der Waals surface area contributed by atoms with Gasteiger partial charge in [0.1, 0.15) is 0 Å². The van der Waals surface area contributed by atoms with E-state index in [0.29, 0.717) is 10.6 Å². The van der Waals surface area contributed by atoms with Crippen LogP contribution in [0.4, 0.5) is 0 Å². The molecule has 2 nitrogen and oxygen atoms in total. The van der Waals surface area contributed by atoms with Gasteiger partial charge in [-0.15, -0.1) is 0 Å². The van der Waals surface area contributed by atoms with Crippen molar-refractivity contribution in [2.75, 3.05) is 0 Å². The maximum atomic E-state index is 16.0. The van der Waals surface area contributed by atoms with Crippen molar-refractivity contribution >= 4 is 78.4 Å². The van der Waals surface area contributed by atoms with Crippen LogP contribution in [-0.4, -0.2) is 0 Å². The summed E-state index contributed by atoms with van der Waals surface area (Å²) in [6.45, 7) is 0. The molecule has 44 heavy (non-hydrogen) atoms. The van der Waals surface area contributed by atoms with Crippen LogP contribution in [0, 0.1) is 0 Å². The molecule has 8 aromatic rings. The van der Waals surface area contributed by atoms with Gasteiger partial charge in [-0.3, -0.25) is 0 Å². The summed E-state index contributed by atoms with van der Waals surface area (Å²) in [4.78, 5) is 0. The third kappa shape index (κ3) is 3.96. The molecule has 0 unspecified atom stereocenters. The lowest BCUT2D eigenvalue weighted by Gasteiger charge is -2.27. The van der Waals surface area contributed by atoms with Crippen LogP contribution < -0.4 is 31.8 Å². The second-order valence-electron chi connectivity index (χ2n) is 11.2. The van der Waals surface area contributed by atoms with Gasteiger partial charge in [-0.25, -0.2) is 0 Å². The predicted molar refractivity (Wildman–Crippen MR) is 189 cm³/mol. The Morgan fingerprint density at radius 2 is 0.659 bits per heavy atom. The molecule has 0 aliphatic rings. The summed E-state index contributed by atoms with van der Waals surface area (Å²) in [5, 5.41) is 10.6. The minimum Gasteiger partial charge on any atom is -0.309 e. The molecule has 0 aliphatic heterocycles. The molecule has 0 bridgehead atoms. The topological polar surface area (TPSA) is 34.1 Å². The molecule has 0 amide bonds. The van der Waals surface area contributed by atoms with E-state index in [1.165, 1.54) is 0 Å². The van der Waals surface area contributed by atoms with E-state index in [-0.39, 0.29) is 0 Å². The molecular weight excluding hydrogens is 574 g/mol. The monoisotopic (exact) mass is 602 g/mol. The summed E-state index contributed by atoms with van der Waals surface area (Å²) >= 11 is 0. The minimum absolute atomic E-state index is 0.711. The zero-order chi connectivity index (χ0) is 29.7. The Labute approximate surface area is 256 Å². The highest BCUT2D eigenvalue weighted by Crippen LogP contribution is 2.50. The van der Waals surface area contributed by atoms with E-state index in [2.05, 4.69) is 42.5 Å². The first-order valence-corrected chi connectivity index (χ1v) is 18.2. The maximum Gasteiger partial charge on any atom is 0.171 e. The van der Waals surface area contributed by atoms with Gasteiger partial charge in [0.25, 0.3) is 0 Å². The highest BCUT2D eigenvalue weighted by Gasteiger charge is 2.37. The summed E-state index contributed by atoms with van der Waals surface area (Å²) in [5.74, 6) is 0. The lowest BCUT2D eigenvalue weighted by atomic mass is 9.94. The first kappa shape index (κ1) is 26.9. The Hall–Kier alpha value is -4.74. The average molecular weight is 603 g/mol. The molecule has 0 saturated heterocycles. The van der Waals surface area contributed by atoms with E-state index in [9.17, 15) is 0 Å². The molecule has 0 heterocycles. The molecule has 0 N–H and O–H groups in total. The van der Waals surface area contributed by atoms with Crippen molar-refractivity contribution in [2.24, 2.45) is 0 Å². The second kappa shape index (κ2) is 10.5. The van der Waals surface area contributed by atoms with E-state index in [1.54, 1.807) is 0 Å². The largest absolute Gasteiger partial charge is 0.309 e. The minimum atomic E-state index is -3.44.